The topological polar surface area (TPSA) is 61.9 Å². The zero-order chi connectivity index (χ0) is 28.2. The van der Waals surface area contributed by atoms with Gasteiger partial charge in [0.1, 0.15) is 28.2 Å². The van der Waals surface area contributed by atoms with Crippen LogP contribution in [0.3, 0.4) is 0 Å². The molecule has 2 aromatic heterocycles. The molecule has 6 rings (SSSR count). The largest absolute Gasteiger partial charge is 0.416 e. The molecule has 1 aliphatic rings. The predicted molar refractivity (Wildman–Crippen MR) is 142 cm³/mol. The molecule has 204 valence electrons. The lowest BCUT2D eigenvalue weighted by Gasteiger charge is -2.33. The highest BCUT2D eigenvalue weighted by molar-refractivity contribution is 7.18. The maximum absolute atomic E-state index is 14.7. The number of halogens is 5. The van der Waals surface area contributed by atoms with Crippen LogP contribution < -0.4 is 0 Å². The van der Waals surface area contributed by atoms with Crippen molar-refractivity contribution in [3.05, 3.63) is 95.4 Å². The van der Waals surface area contributed by atoms with Crippen molar-refractivity contribution < 1.29 is 26.7 Å². The highest BCUT2D eigenvalue weighted by atomic mass is 32.1. The van der Waals surface area contributed by atoms with Gasteiger partial charge in [-0.25, -0.2) is 18.7 Å². The average Bonchev–Trinajstić information content (AvgIpc) is 3.65. The van der Waals surface area contributed by atoms with E-state index < -0.39 is 34.8 Å². The van der Waals surface area contributed by atoms with Crippen molar-refractivity contribution in [2.24, 2.45) is 0 Å². The number of carbonyl (C=O) groups is 1. The number of aromatic nitrogens is 3. The van der Waals surface area contributed by atoms with E-state index in [0.29, 0.717) is 46.2 Å². The Morgan fingerprint density at radius 2 is 1.77 bits per heavy atom. The minimum atomic E-state index is -4.50. The fourth-order valence-corrected chi connectivity index (χ4v) is 6.21. The van der Waals surface area contributed by atoms with Crippen LogP contribution in [0.15, 0.2) is 66.7 Å². The molecule has 0 spiro atoms. The van der Waals surface area contributed by atoms with Crippen LogP contribution in [0.5, 0.6) is 0 Å². The Kier molecular flexibility index (Phi) is 6.21. The summed E-state index contributed by atoms with van der Waals surface area (Å²) in [6.07, 6.45) is -3.36. The van der Waals surface area contributed by atoms with Crippen molar-refractivity contribution in [3.8, 4) is 21.0 Å². The van der Waals surface area contributed by atoms with Crippen molar-refractivity contribution >= 4 is 28.3 Å². The van der Waals surface area contributed by atoms with Gasteiger partial charge in [0.15, 0.2) is 0 Å². The monoisotopic (exact) mass is 568 g/mol. The van der Waals surface area contributed by atoms with Crippen molar-refractivity contribution in [2.45, 2.75) is 31.5 Å². The third kappa shape index (κ3) is 4.43. The number of rotatable bonds is 4. The van der Waals surface area contributed by atoms with Crippen LogP contribution in [0, 0.1) is 11.6 Å². The normalized spacial score (nSPS) is 17.6. The van der Waals surface area contributed by atoms with Crippen LogP contribution in [0.4, 0.5) is 22.0 Å². The summed E-state index contributed by atoms with van der Waals surface area (Å²) in [4.78, 5) is 28.3. The first-order valence-electron chi connectivity index (χ1n) is 12.5. The van der Waals surface area contributed by atoms with E-state index in [2.05, 4.69) is 15.0 Å². The van der Waals surface area contributed by atoms with Crippen molar-refractivity contribution in [2.75, 3.05) is 6.54 Å². The smallest absolute Gasteiger partial charge is 0.340 e. The molecule has 1 amide bonds. The molecule has 1 saturated heterocycles. The van der Waals surface area contributed by atoms with Gasteiger partial charge in [-0.3, -0.25) is 4.79 Å². The molecule has 11 heteroatoms. The molecular weight excluding hydrogens is 547 g/mol. The summed E-state index contributed by atoms with van der Waals surface area (Å²) in [6.45, 7) is 2.16. The van der Waals surface area contributed by atoms with Crippen molar-refractivity contribution in [1.82, 2.24) is 19.9 Å². The summed E-state index contributed by atoms with van der Waals surface area (Å²) in [7, 11) is 0. The molecule has 5 aromatic rings. The molecule has 1 aliphatic heterocycles. The number of nitrogens with zero attached hydrogens (tertiary/aromatic N) is 3. The van der Waals surface area contributed by atoms with E-state index in [0.717, 1.165) is 23.5 Å². The summed E-state index contributed by atoms with van der Waals surface area (Å²) >= 11 is 1.13. The molecule has 1 N–H and O–H groups in total. The minimum Gasteiger partial charge on any atom is -0.340 e. The first kappa shape index (κ1) is 26.1. The lowest BCUT2D eigenvalue weighted by molar-refractivity contribution is -0.137. The molecule has 0 radical (unpaired) electrons. The van der Waals surface area contributed by atoms with E-state index in [1.54, 1.807) is 23.1 Å². The molecule has 0 saturated carbocycles. The van der Waals surface area contributed by atoms with E-state index in [4.69, 9.17) is 0 Å². The van der Waals surface area contributed by atoms with Gasteiger partial charge in [-0.15, -0.1) is 11.3 Å². The first-order chi connectivity index (χ1) is 19.0. The van der Waals surface area contributed by atoms with E-state index in [9.17, 15) is 26.7 Å². The molecule has 5 nitrogen and oxygen atoms in total. The van der Waals surface area contributed by atoms with Gasteiger partial charge in [0.25, 0.3) is 5.91 Å². The number of fused-ring (bicyclic) bond motifs is 1. The molecule has 1 fully saturated rings. The third-order valence-corrected chi connectivity index (χ3v) is 8.38. The summed E-state index contributed by atoms with van der Waals surface area (Å²) in [5, 5.41) is 0.296. The molecule has 1 unspecified atom stereocenters. The number of H-pyrrole nitrogens is 1. The van der Waals surface area contributed by atoms with E-state index in [1.807, 2.05) is 6.92 Å². The van der Waals surface area contributed by atoms with Crippen LogP contribution in [-0.4, -0.2) is 32.3 Å². The first-order valence-corrected chi connectivity index (χ1v) is 13.3. The van der Waals surface area contributed by atoms with Gasteiger partial charge in [-0.2, -0.15) is 13.2 Å². The lowest BCUT2D eigenvalue weighted by atomic mass is 9.97. The van der Waals surface area contributed by atoms with Gasteiger partial charge in [-0.05, 0) is 67.8 Å². The number of nitrogens with one attached hydrogen (secondary N) is 1. The molecule has 40 heavy (non-hydrogen) atoms. The van der Waals surface area contributed by atoms with Crippen LogP contribution >= 0.6 is 11.3 Å². The third-order valence-electron chi connectivity index (χ3n) is 7.25. The number of benzene rings is 3. The van der Waals surface area contributed by atoms with E-state index in [-0.39, 0.29) is 16.8 Å². The highest BCUT2D eigenvalue weighted by Crippen LogP contribution is 2.43. The van der Waals surface area contributed by atoms with Gasteiger partial charge >= 0.3 is 6.18 Å². The Morgan fingerprint density at radius 1 is 1.02 bits per heavy atom. The molecular formula is C29H21F5N4OS. The number of alkyl halides is 3. The van der Waals surface area contributed by atoms with Gasteiger partial charge in [0, 0.05) is 12.1 Å². The number of amides is 1. The Hall–Kier alpha value is -4.12. The second-order valence-electron chi connectivity index (χ2n) is 9.83. The maximum Gasteiger partial charge on any atom is 0.416 e. The number of hydrogen-bond donors (Lipinski definition) is 1. The number of hydrogen-bond acceptors (Lipinski definition) is 4. The Bertz CT molecular complexity index is 1740. The molecule has 1 atom stereocenters. The fourth-order valence-electron chi connectivity index (χ4n) is 5.12. The SMILES string of the molecule is CC1(c2nc3ccc(C(F)(F)F)cc3[nH]2)CCCN1C(=O)c1nc(-c2ccccc2F)sc1-c1ccc(F)cc1. The number of likely N-dealkylation sites (tertiary alicyclic amines) is 1. The zero-order valence-corrected chi connectivity index (χ0v) is 21.8. The Labute approximate surface area is 229 Å². The van der Waals surface area contributed by atoms with E-state index >= 15 is 0 Å². The number of imidazole rings is 1. The second-order valence-corrected chi connectivity index (χ2v) is 10.8. The maximum atomic E-state index is 14.7. The van der Waals surface area contributed by atoms with Crippen LogP contribution in [-0.2, 0) is 11.7 Å². The van der Waals surface area contributed by atoms with Gasteiger partial charge in [0.05, 0.1) is 27.0 Å². The standard InChI is InChI=1S/C29H21F5N4OS/c1-28(27-35-21-12-9-17(29(32,33)34)15-22(21)36-27)13-4-14-38(28)26(39)23-24(16-7-10-18(30)11-8-16)40-25(37-23)19-5-2-3-6-20(19)31/h2-3,5-12,15H,4,13-14H2,1H3,(H,35,36). The number of carbonyl (C=O) groups excluding carboxylic acids is 1. The highest BCUT2D eigenvalue weighted by Gasteiger charge is 2.45. The molecule has 3 aromatic carbocycles. The predicted octanol–water partition coefficient (Wildman–Crippen LogP) is 7.80. The van der Waals surface area contributed by atoms with Crippen molar-refractivity contribution in [3.63, 3.8) is 0 Å². The quantitative estimate of drug-likeness (QED) is 0.225. The molecule has 0 aliphatic carbocycles. The van der Waals surface area contributed by atoms with Gasteiger partial charge in [0.2, 0.25) is 0 Å². The summed E-state index contributed by atoms with van der Waals surface area (Å²) < 4.78 is 68.1. The average molecular weight is 569 g/mol. The lowest BCUT2D eigenvalue weighted by Crippen LogP contribution is -2.44. The Morgan fingerprint density at radius 3 is 2.50 bits per heavy atom. The van der Waals surface area contributed by atoms with Crippen LogP contribution in [0.25, 0.3) is 32.0 Å². The molecule has 3 heterocycles. The van der Waals surface area contributed by atoms with Crippen LogP contribution in [0.2, 0.25) is 0 Å². The number of thiazole rings is 1. The number of aromatic amines is 1. The van der Waals surface area contributed by atoms with Crippen molar-refractivity contribution in [1.29, 1.82) is 0 Å². The fraction of sp³-hybridized carbons (Fsp3) is 0.207. The van der Waals surface area contributed by atoms with Crippen LogP contribution in [0.1, 0.15) is 41.6 Å². The summed E-state index contributed by atoms with van der Waals surface area (Å²) in [5.41, 5.74) is -0.328. The zero-order valence-electron chi connectivity index (χ0n) is 21.0. The Balaban J connectivity index is 1.43. The van der Waals surface area contributed by atoms with E-state index in [1.165, 1.54) is 36.4 Å². The van der Waals surface area contributed by atoms with Gasteiger partial charge < -0.3 is 9.88 Å². The second kappa shape index (κ2) is 9.51. The summed E-state index contributed by atoms with van der Waals surface area (Å²) in [5.74, 6) is -1.01. The molecule has 0 bridgehead atoms. The minimum absolute atomic E-state index is 0.0819. The van der Waals surface area contributed by atoms with Gasteiger partial charge in [-0.1, -0.05) is 24.3 Å². The summed E-state index contributed by atoms with van der Waals surface area (Å²) in [6, 6.07) is 15.0.